The number of hydrogen-bond acceptors (Lipinski definition) is 5. The van der Waals surface area contributed by atoms with Crippen LogP contribution in [-0.2, 0) is 0 Å². The van der Waals surface area contributed by atoms with Crippen LogP contribution in [0.3, 0.4) is 0 Å². The second kappa shape index (κ2) is 5.90. The van der Waals surface area contributed by atoms with Crippen LogP contribution in [0.15, 0.2) is 23.4 Å². The first-order valence-corrected chi connectivity index (χ1v) is 6.55. The minimum Gasteiger partial charge on any atom is -0.497 e. The van der Waals surface area contributed by atoms with E-state index in [1.165, 1.54) is 0 Å². The molecule has 0 aromatic heterocycles. The predicted octanol–water partition coefficient (Wildman–Crippen LogP) is 2.03. The number of oxime groups is 1. The van der Waals surface area contributed by atoms with Gasteiger partial charge in [-0.1, -0.05) is 5.16 Å². The van der Waals surface area contributed by atoms with Crippen LogP contribution in [0.5, 0.6) is 11.5 Å². The molecule has 1 aromatic rings. The van der Waals surface area contributed by atoms with Crippen LogP contribution in [0.2, 0.25) is 0 Å². The van der Waals surface area contributed by atoms with E-state index < -0.39 is 0 Å². The van der Waals surface area contributed by atoms with Crippen molar-refractivity contribution in [2.75, 3.05) is 26.1 Å². The topological polar surface area (TPSA) is 89.1 Å². The molecule has 6 nitrogen and oxygen atoms in total. The summed E-state index contributed by atoms with van der Waals surface area (Å²) in [5.74, 6) is 1.82. The second-order valence-electron chi connectivity index (χ2n) is 5.19. The maximum atomic E-state index is 8.67. The van der Waals surface area contributed by atoms with Crippen molar-refractivity contribution in [3.63, 3.8) is 0 Å². The van der Waals surface area contributed by atoms with Gasteiger partial charge in [-0.05, 0) is 30.4 Å². The number of methoxy groups -OCH3 is 2. The number of amidine groups is 1. The molecular weight excluding hydrogens is 258 g/mol. The molecule has 0 aliphatic heterocycles. The Morgan fingerprint density at radius 3 is 2.70 bits per heavy atom. The van der Waals surface area contributed by atoms with Crippen molar-refractivity contribution < 1.29 is 14.7 Å². The van der Waals surface area contributed by atoms with Crippen LogP contribution in [-0.4, -0.2) is 31.8 Å². The molecule has 1 saturated carbocycles. The van der Waals surface area contributed by atoms with Gasteiger partial charge in [0.15, 0.2) is 0 Å². The summed E-state index contributed by atoms with van der Waals surface area (Å²) in [6.07, 6.45) is 2.74. The van der Waals surface area contributed by atoms with E-state index in [-0.39, 0.29) is 11.3 Å². The number of nitrogens with zero attached hydrogens (tertiary/aromatic N) is 1. The number of nitrogens with one attached hydrogen (secondary N) is 1. The normalized spacial score (nSPS) is 16.6. The third-order valence-electron chi connectivity index (χ3n) is 3.70. The predicted molar refractivity (Wildman–Crippen MR) is 77.7 cm³/mol. The zero-order chi connectivity index (χ0) is 14.6. The molecule has 20 heavy (non-hydrogen) atoms. The molecule has 0 atom stereocenters. The van der Waals surface area contributed by atoms with Gasteiger partial charge in [-0.15, -0.1) is 0 Å². The van der Waals surface area contributed by atoms with Crippen molar-refractivity contribution in [3.8, 4) is 11.5 Å². The molecular formula is C14H21N3O3. The van der Waals surface area contributed by atoms with E-state index in [4.69, 9.17) is 20.4 Å². The number of hydrogen-bond donors (Lipinski definition) is 3. The van der Waals surface area contributed by atoms with Crippen molar-refractivity contribution >= 4 is 11.5 Å². The molecule has 1 aromatic carbocycles. The summed E-state index contributed by atoms with van der Waals surface area (Å²) in [7, 11) is 3.27. The first kappa shape index (κ1) is 14.3. The molecule has 0 bridgehead atoms. The van der Waals surface area contributed by atoms with Gasteiger partial charge in [-0.2, -0.15) is 0 Å². The van der Waals surface area contributed by atoms with E-state index in [9.17, 15) is 0 Å². The maximum absolute atomic E-state index is 8.67. The smallest absolute Gasteiger partial charge is 0.142 e. The van der Waals surface area contributed by atoms with E-state index in [0.717, 1.165) is 36.6 Å². The Kier molecular flexibility index (Phi) is 4.22. The highest BCUT2D eigenvalue weighted by molar-refractivity contribution is 5.80. The highest BCUT2D eigenvalue weighted by atomic mass is 16.5. The number of benzene rings is 1. The Bertz CT molecular complexity index is 498. The fraction of sp³-hybridized carbons (Fsp3) is 0.500. The first-order chi connectivity index (χ1) is 9.62. The maximum Gasteiger partial charge on any atom is 0.142 e. The molecule has 110 valence electrons. The van der Waals surface area contributed by atoms with Crippen LogP contribution < -0.4 is 20.5 Å². The molecule has 0 radical (unpaired) electrons. The largest absolute Gasteiger partial charge is 0.497 e. The minimum atomic E-state index is 0.0877. The Balaban J connectivity index is 2.03. The number of anilines is 1. The molecule has 0 saturated heterocycles. The summed E-state index contributed by atoms with van der Waals surface area (Å²) < 4.78 is 10.5. The van der Waals surface area contributed by atoms with Crippen molar-refractivity contribution in [3.05, 3.63) is 18.2 Å². The average molecular weight is 279 g/mol. The number of rotatable bonds is 7. The fourth-order valence-corrected chi connectivity index (χ4v) is 2.25. The van der Waals surface area contributed by atoms with Crippen LogP contribution >= 0.6 is 0 Å². The van der Waals surface area contributed by atoms with Gasteiger partial charge in [0.2, 0.25) is 0 Å². The fourth-order valence-electron chi connectivity index (χ4n) is 2.25. The van der Waals surface area contributed by atoms with E-state index >= 15 is 0 Å². The van der Waals surface area contributed by atoms with Crippen LogP contribution in [0.25, 0.3) is 0 Å². The van der Waals surface area contributed by atoms with Crippen molar-refractivity contribution in [2.45, 2.75) is 19.3 Å². The van der Waals surface area contributed by atoms with Gasteiger partial charge in [0, 0.05) is 19.0 Å². The quantitative estimate of drug-likeness (QED) is 0.307. The Morgan fingerprint density at radius 1 is 1.40 bits per heavy atom. The Morgan fingerprint density at radius 2 is 2.15 bits per heavy atom. The zero-order valence-electron chi connectivity index (χ0n) is 11.8. The summed E-state index contributed by atoms with van der Waals surface area (Å²) in [4.78, 5) is 0. The van der Waals surface area contributed by atoms with E-state index in [2.05, 4.69) is 10.5 Å². The summed E-state index contributed by atoms with van der Waals surface area (Å²) in [5.41, 5.74) is 6.57. The van der Waals surface area contributed by atoms with Gasteiger partial charge in [0.05, 0.1) is 19.9 Å². The first-order valence-electron chi connectivity index (χ1n) is 6.55. The van der Waals surface area contributed by atoms with E-state index in [1.54, 1.807) is 14.2 Å². The summed E-state index contributed by atoms with van der Waals surface area (Å²) in [5, 5.41) is 15.1. The lowest BCUT2D eigenvalue weighted by atomic mass is 10.0. The average Bonchev–Trinajstić information content (AvgIpc) is 3.24. The standard InChI is InChI=1S/C14H21N3O3/c1-19-10-3-4-12(20-2)11(7-10)16-9-14(5-6-14)8-13(15)17-18/h3-4,7,16,18H,5-6,8-9H2,1-2H3,(H2,15,17). The molecule has 0 amide bonds. The van der Waals surface area contributed by atoms with Gasteiger partial charge in [-0.25, -0.2) is 0 Å². The van der Waals surface area contributed by atoms with Gasteiger partial charge in [0.1, 0.15) is 17.3 Å². The highest BCUT2D eigenvalue weighted by Gasteiger charge is 2.43. The van der Waals surface area contributed by atoms with Crippen LogP contribution in [0.4, 0.5) is 5.69 Å². The highest BCUT2D eigenvalue weighted by Crippen LogP contribution is 2.49. The van der Waals surface area contributed by atoms with E-state index in [1.807, 2.05) is 18.2 Å². The summed E-state index contributed by atoms with van der Waals surface area (Å²) in [6.45, 7) is 0.757. The van der Waals surface area contributed by atoms with Crippen molar-refractivity contribution in [2.24, 2.45) is 16.3 Å². The third-order valence-corrected chi connectivity index (χ3v) is 3.70. The van der Waals surface area contributed by atoms with Gasteiger partial charge in [-0.3, -0.25) is 0 Å². The number of ether oxygens (including phenoxy) is 2. The molecule has 1 aliphatic rings. The summed E-state index contributed by atoms with van der Waals surface area (Å²) >= 11 is 0. The Hall–Kier alpha value is -2.11. The lowest BCUT2D eigenvalue weighted by Crippen LogP contribution is -2.23. The molecule has 2 rings (SSSR count). The molecule has 0 unspecified atom stereocenters. The van der Waals surface area contributed by atoms with Gasteiger partial charge < -0.3 is 25.7 Å². The number of nitrogens with two attached hydrogens (primary N) is 1. The zero-order valence-corrected chi connectivity index (χ0v) is 11.8. The molecule has 1 aliphatic carbocycles. The monoisotopic (exact) mass is 279 g/mol. The third kappa shape index (κ3) is 3.26. The molecule has 0 spiro atoms. The Labute approximate surface area is 118 Å². The molecule has 6 heteroatoms. The second-order valence-corrected chi connectivity index (χ2v) is 5.19. The van der Waals surface area contributed by atoms with Crippen LogP contribution in [0.1, 0.15) is 19.3 Å². The molecule has 1 fully saturated rings. The van der Waals surface area contributed by atoms with Crippen molar-refractivity contribution in [1.82, 2.24) is 0 Å². The summed E-state index contributed by atoms with van der Waals surface area (Å²) in [6, 6.07) is 5.62. The van der Waals surface area contributed by atoms with Gasteiger partial charge >= 0.3 is 0 Å². The van der Waals surface area contributed by atoms with Crippen LogP contribution in [0, 0.1) is 5.41 Å². The minimum absolute atomic E-state index is 0.0877. The molecule has 0 heterocycles. The van der Waals surface area contributed by atoms with E-state index in [0.29, 0.717) is 6.42 Å². The lowest BCUT2D eigenvalue weighted by Gasteiger charge is -2.18. The van der Waals surface area contributed by atoms with Crippen molar-refractivity contribution in [1.29, 1.82) is 0 Å². The lowest BCUT2D eigenvalue weighted by molar-refractivity contribution is 0.315. The SMILES string of the molecule is COc1ccc(OC)c(NCC2(CC(N)=NO)CC2)c1. The van der Waals surface area contributed by atoms with Gasteiger partial charge in [0.25, 0.3) is 0 Å². The molecule has 4 N–H and O–H groups in total.